The molecule has 3 rings (SSSR count). The first-order chi connectivity index (χ1) is 15.3. The van der Waals surface area contributed by atoms with Crippen LogP contribution in [0.3, 0.4) is 0 Å². The van der Waals surface area contributed by atoms with Crippen LogP contribution >= 0.6 is 0 Å². The minimum atomic E-state index is -1.27. The topological polar surface area (TPSA) is 35.5 Å². The first kappa shape index (κ1) is 25.0. The molecule has 0 aliphatic carbocycles. The van der Waals surface area contributed by atoms with Gasteiger partial charge in [0.25, 0.3) is 0 Å². The third-order valence-corrected chi connectivity index (χ3v) is 7.59. The molecule has 0 spiro atoms. The van der Waals surface area contributed by atoms with Gasteiger partial charge in [0.1, 0.15) is 22.8 Å². The molecule has 0 aromatic heterocycles. The molecule has 3 nitrogen and oxygen atoms in total. The summed E-state index contributed by atoms with van der Waals surface area (Å²) in [7, 11) is -1.27. The summed E-state index contributed by atoms with van der Waals surface area (Å²) in [6.45, 7) is 17.3. The molecule has 33 heavy (non-hydrogen) atoms. The van der Waals surface area contributed by atoms with Crippen LogP contribution in [-0.2, 0) is 16.2 Å². The highest BCUT2D eigenvalue weighted by molar-refractivity contribution is 7.85. The van der Waals surface area contributed by atoms with Crippen LogP contribution in [0.5, 0.6) is 17.2 Å². The van der Waals surface area contributed by atoms with E-state index in [1.165, 1.54) is 5.56 Å². The second-order valence-corrected chi connectivity index (χ2v) is 12.4. The maximum absolute atomic E-state index is 13.0. The van der Waals surface area contributed by atoms with Crippen molar-refractivity contribution in [3.8, 4) is 17.2 Å². The van der Waals surface area contributed by atoms with Crippen molar-refractivity contribution in [2.24, 2.45) is 5.41 Å². The van der Waals surface area contributed by atoms with Gasteiger partial charge < -0.3 is 9.47 Å². The third kappa shape index (κ3) is 6.26. The molecule has 1 unspecified atom stereocenters. The lowest BCUT2D eigenvalue weighted by Crippen LogP contribution is -2.33. The van der Waals surface area contributed by atoms with Crippen molar-refractivity contribution in [2.75, 3.05) is 0 Å². The Labute approximate surface area is 201 Å². The highest BCUT2D eigenvalue weighted by Crippen LogP contribution is 2.41. The zero-order valence-corrected chi connectivity index (χ0v) is 21.9. The van der Waals surface area contributed by atoms with Gasteiger partial charge in [-0.3, -0.25) is 0 Å². The minimum absolute atomic E-state index is 0.0499. The van der Waals surface area contributed by atoms with Gasteiger partial charge in [0.15, 0.2) is 0 Å². The molecule has 0 radical (unpaired) electrons. The molecule has 4 heteroatoms. The molecule has 0 fully saturated rings. The van der Waals surface area contributed by atoms with Crippen molar-refractivity contribution in [2.45, 2.75) is 76.2 Å². The van der Waals surface area contributed by atoms with Crippen molar-refractivity contribution in [3.63, 3.8) is 0 Å². The van der Waals surface area contributed by atoms with E-state index in [4.69, 9.17) is 9.47 Å². The zero-order valence-electron chi connectivity index (χ0n) is 21.1. The van der Waals surface area contributed by atoms with Gasteiger partial charge in [-0.05, 0) is 97.8 Å². The van der Waals surface area contributed by atoms with E-state index in [-0.39, 0.29) is 16.4 Å². The number of hydrogen-bond acceptors (Lipinski definition) is 3. The van der Waals surface area contributed by atoms with Gasteiger partial charge in [0.2, 0.25) is 0 Å². The van der Waals surface area contributed by atoms with Gasteiger partial charge in [-0.2, -0.15) is 0 Å². The summed E-state index contributed by atoms with van der Waals surface area (Å²) in [4.78, 5) is 1.47. The minimum Gasteiger partial charge on any atom is -0.488 e. The second kappa shape index (κ2) is 9.34. The standard InChI is InChI=1S/C29H36O3S/c1-27(2,3)29(7,8)21-9-11-22(12-10-21)31-23-13-17-25(18-14-23)33(30)26-19-15-24(16-20-26)32-28(4,5)6/h9-20H,1-8H3. The monoisotopic (exact) mass is 464 g/mol. The predicted molar refractivity (Wildman–Crippen MR) is 137 cm³/mol. The molecular formula is C29H36O3S. The molecular weight excluding hydrogens is 428 g/mol. The molecule has 0 aliphatic heterocycles. The summed E-state index contributed by atoms with van der Waals surface area (Å²) in [6.07, 6.45) is 0. The van der Waals surface area contributed by atoms with Gasteiger partial charge >= 0.3 is 0 Å². The average Bonchev–Trinajstić information content (AvgIpc) is 2.73. The summed E-state index contributed by atoms with van der Waals surface area (Å²) in [5.41, 5.74) is 1.22. The van der Waals surface area contributed by atoms with Crippen LogP contribution in [0.1, 0.15) is 61.0 Å². The Bertz CT molecular complexity index is 1080. The fourth-order valence-electron chi connectivity index (χ4n) is 3.26. The molecule has 0 aliphatic rings. The Morgan fingerprint density at radius 1 is 0.576 bits per heavy atom. The highest BCUT2D eigenvalue weighted by Gasteiger charge is 2.34. The molecule has 0 bridgehead atoms. The number of rotatable bonds is 6. The normalized spacial score (nSPS) is 13.5. The summed E-state index contributed by atoms with van der Waals surface area (Å²) in [6, 6.07) is 23.1. The molecule has 3 aromatic carbocycles. The van der Waals surface area contributed by atoms with E-state index in [2.05, 4.69) is 46.8 Å². The van der Waals surface area contributed by atoms with Crippen LogP contribution in [0.25, 0.3) is 0 Å². The largest absolute Gasteiger partial charge is 0.488 e. The van der Waals surface area contributed by atoms with E-state index < -0.39 is 10.8 Å². The molecule has 1 atom stereocenters. The van der Waals surface area contributed by atoms with Gasteiger partial charge in [-0.25, -0.2) is 4.21 Å². The Hall–Kier alpha value is -2.59. The van der Waals surface area contributed by atoms with Gasteiger partial charge in [0, 0.05) is 9.79 Å². The lowest BCUT2D eigenvalue weighted by Gasteiger charge is -2.39. The van der Waals surface area contributed by atoms with Crippen molar-refractivity contribution in [3.05, 3.63) is 78.4 Å². The van der Waals surface area contributed by atoms with Crippen LogP contribution in [0.2, 0.25) is 0 Å². The smallest absolute Gasteiger partial charge is 0.127 e. The average molecular weight is 465 g/mol. The van der Waals surface area contributed by atoms with E-state index in [9.17, 15) is 4.21 Å². The molecule has 0 heterocycles. The van der Waals surface area contributed by atoms with E-state index in [0.29, 0.717) is 5.75 Å². The molecule has 3 aromatic rings. The zero-order chi connectivity index (χ0) is 24.4. The first-order valence-electron chi connectivity index (χ1n) is 11.4. The van der Waals surface area contributed by atoms with E-state index >= 15 is 0 Å². The summed E-state index contributed by atoms with van der Waals surface area (Å²) in [5.74, 6) is 2.27. The lowest BCUT2D eigenvalue weighted by molar-refractivity contribution is 0.131. The fourth-order valence-corrected chi connectivity index (χ4v) is 4.30. The SMILES string of the molecule is CC(C)(C)Oc1ccc(S(=O)c2ccc(Oc3ccc(C(C)(C)C(C)(C)C)cc3)cc2)cc1. The van der Waals surface area contributed by atoms with Crippen LogP contribution in [-0.4, -0.2) is 9.81 Å². The summed E-state index contributed by atoms with van der Waals surface area (Å²) >= 11 is 0. The highest BCUT2D eigenvalue weighted by atomic mass is 32.2. The first-order valence-corrected chi connectivity index (χ1v) is 12.5. The molecule has 0 amide bonds. The maximum Gasteiger partial charge on any atom is 0.127 e. The molecule has 0 saturated heterocycles. The Morgan fingerprint density at radius 3 is 1.36 bits per heavy atom. The van der Waals surface area contributed by atoms with E-state index in [1.54, 1.807) is 0 Å². The van der Waals surface area contributed by atoms with Crippen molar-refractivity contribution in [1.82, 2.24) is 0 Å². The van der Waals surface area contributed by atoms with Crippen molar-refractivity contribution < 1.29 is 13.7 Å². The van der Waals surface area contributed by atoms with Crippen molar-refractivity contribution in [1.29, 1.82) is 0 Å². The van der Waals surface area contributed by atoms with Crippen molar-refractivity contribution >= 4 is 10.8 Å². The fraction of sp³-hybridized carbons (Fsp3) is 0.379. The predicted octanol–water partition coefficient (Wildman–Crippen LogP) is 8.15. The van der Waals surface area contributed by atoms with Crippen LogP contribution in [0.15, 0.2) is 82.6 Å². The summed E-state index contributed by atoms with van der Waals surface area (Å²) < 4.78 is 24.8. The van der Waals surface area contributed by atoms with E-state index in [0.717, 1.165) is 21.3 Å². The number of hydrogen-bond donors (Lipinski definition) is 0. The maximum atomic E-state index is 13.0. The number of ether oxygens (including phenoxy) is 2. The second-order valence-electron chi connectivity index (χ2n) is 10.9. The van der Waals surface area contributed by atoms with Gasteiger partial charge in [0.05, 0.1) is 10.8 Å². The van der Waals surface area contributed by atoms with Crippen LogP contribution in [0, 0.1) is 5.41 Å². The molecule has 0 N–H and O–H groups in total. The number of benzene rings is 3. The Balaban J connectivity index is 1.67. The van der Waals surface area contributed by atoms with Gasteiger partial charge in [-0.1, -0.05) is 46.8 Å². The molecule has 0 saturated carbocycles. The van der Waals surface area contributed by atoms with Gasteiger partial charge in [-0.15, -0.1) is 0 Å². The Kier molecular flexibility index (Phi) is 7.09. The molecule has 176 valence electrons. The Morgan fingerprint density at radius 2 is 0.970 bits per heavy atom. The third-order valence-electron chi connectivity index (χ3n) is 6.19. The summed E-state index contributed by atoms with van der Waals surface area (Å²) in [5, 5.41) is 0. The van der Waals surface area contributed by atoms with Crippen LogP contribution < -0.4 is 9.47 Å². The quantitative estimate of drug-likeness (QED) is 0.369. The lowest BCUT2D eigenvalue weighted by atomic mass is 9.65. The van der Waals surface area contributed by atoms with Crippen LogP contribution in [0.4, 0.5) is 0 Å². The van der Waals surface area contributed by atoms with E-state index in [1.807, 2.05) is 81.4 Å².